The number of methoxy groups -OCH3 is 1. The predicted molar refractivity (Wildman–Crippen MR) is 85.3 cm³/mol. The van der Waals surface area contributed by atoms with Crippen LogP contribution in [0.15, 0.2) is 41.2 Å². The lowest BCUT2D eigenvalue weighted by Gasteiger charge is -2.10. The molecule has 0 bridgehead atoms. The molecule has 0 amide bonds. The summed E-state index contributed by atoms with van der Waals surface area (Å²) in [5, 5.41) is 9.87. The van der Waals surface area contributed by atoms with Gasteiger partial charge in [-0.15, -0.1) is 11.3 Å². The SMILES string of the molecule is COc1cc(OCC(=O)O)c2sc3ccccc3c(=O)c2c1. The van der Waals surface area contributed by atoms with Crippen LogP contribution in [-0.2, 0) is 4.79 Å². The van der Waals surface area contributed by atoms with E-state index < -0.39 is 12.6 Å². The maximum absolute atomic E-state index is 12.6. The molecule has 3 rings (SSSR count). The summed E-state index contributed by atoms with van der Waals surface area (Å²) in [6, 6.07) is 10.5. The molecule has 0 spiro atoms. The summed E-state index contributed by atoms with van der Waals surface area (Å²) >= 11 is 1.39. The van der Waals surface area contributed by atoms with E-state index in [1.165, 1.54) is 18.4 Å². The Morgan fingerprint density at radius 1 is 1.23 bits per heavy atom. The maximum atomic E-state index is 12.6. The van der Waals surface area contributed by atoms with Crippen LogP contribution >= 0.6 is 11.3 Å². The van der Waals surface area contributed by atoms with Crippen molar-refractivity contribution < 1.29 is 19.4 Å². The fourth-order valence-corrected chi connectivity index (χ4v) is 3.33. The molecule has 1 heterocycles. The highest BCUT2D eigenvalue weighted by atomic mass is 32.1. The van der Waals surface area contributed by atoms with Gasteiger partial charge in [-0.05, 0) is 18.2 Å². The Hall–Kier alpha value is -2.60. The molecule has 0 aliphatic carbocycles. The van der Waals surface area contributed by atoms with Gasteiger partial charge in [0.2, 0.25) is 0 Å². The van der Waals surface area contributed by atoms with Crippen molar-refractivity contribution in [3.05, 3.63) is 46.6 Å². The van der Waals surface area contributed by atoms with Gasteiger partial charge < -0.3 is 14.6 Å². The number of hydrogen-bond donors (Lipinski definition) is 1. The second kappa shape index (κ2) is 5.65. The standard InChI is InChI=1S/C16H12O5S/c1-20-9-6-11-15(19)10-4-2-3-5-13(10)22-16(11)12(7-9)21-8-14(17)18/h2-7H,8H2,1H3,(H,17,18). The van der Waals surface area contributed by atoms with Gasteiger partial charge in [0.15, 0.2) is 12.0 Å². The van der Waals surface area contributed by atoms with E-state index in [0.717, 1.165) is 4.70 Å². The molecule has 0 unspecified atom stereocenters. The summed E-state index contributed by atoms with van der Waals surface area (Å²) in [5.41, 5.74) is -0.122. The molecule has 3 aromatic rings. The Balaban J connectivity index is 2.33. The Morgan fingerprint density at radius 3 is 2.73 bits per heavy atom. The van der Waals surface area contributed by atoms with Crippen molar-refractivity contribution in [2.24, 2.45) is 0 Å². The Morgan fingerprint density at radius 2 is 2.00 bits per heavy atom. The lowest BCUT2D eigenvalue weighted by Crippen LogP contribution is -2.10. The van der Waals surface area contributed by atoms with Crippen LogP contribution in [-0.4, -0.2) is 24.8 Å². The maximum Gasteiger partial charge on any atom is 0.341 e. The molecular formula is C16H12O5S. The molecule has 0 fully saturated rings. The Bertz CT molecular complexity index is 929. The van der Waals surface area contributed by atoms with Gasteiger partial charge in [-0.3, -0.25) is 4.79 Å². The number of rotatable bonds is 4. The number of ether oxygens (including phenoxy) is 2. The molecule has 22 heavy (non-hydrogen) atoms. The highest BCUT2D eigenvalue weighted by Gasteiger charge is 2.13. The molecule has 5 nitrogen and oxygen atoms in total. The normalized spacial score (nSPS) is 10.8. The second-order valence-electron chi connectivity index (χ2n) is 4.61. The van der Waals surface area contributed by atoms with Gasteiger partial charge in [0.05, 0.1) is 11.8 Å². The number of hydrogen-bond acceptors (Lipinski definition) is 5. The van der Waals surface area contributed by atoms with E-state index >= 15 is 0 Å². The van der Waals surface area contributed by atoms with E-state index in [4.69, 9.17) is 14.6 Å². The third-order valence-electron chi connectivity index (χ3n) is 3.20. The summed E-state index contributed by atoms with van der Waals surface area (Å²) in [4.78, 5) is 23.4. The van der Waals surface area contributed by atoms with E-state index in [0.29, 0.717) is 27.0 Å². The van der Waals surface area contributed by atoms with Crippen LogP contribution in [0.3, 0.4) is 0 Å². The molecule has 1 N–H and O–H groups in total. The summed E-state index contributed by atoms with van der Waals surface area (Å²) in [6.07, 6.45) is 0. The average Bonchev–Trinajstić information content (AvgIpc) is 2.53. The third-order valence-corrected chi connectivity index (χ3v) is 4.40. The van der Waals surface area contributed by atoms with Gasteiger partial charge in [-0.1, -0.05) is 12.1 Å². The average molecular weight is 316 g/mol. The lowest BCUT2D eigenvalue weighted by molar-refractivity contribution is -0.139. The van der Waals surface area contributed by atoms with Crippen molar-refractivity contribution >= 4 is 37.5 Å². The van der Waals surface area contributed by atoms with Gasteiger partial charge in [-0.25, -0.2) is 4.79 Å². The topological polar surface area (TPSA) is 72.8 Å². The van der Waals surface area contributed by atoms with Crippen LogP contribution < -0.4 is 14.9 Å². The van der Waals surface area contributed by atoms with Crippen molar-refractivity contribution in [3.63, 3.8) is 0 Å². The minimum atomic E-state index is -1.08. The Labute approximate surface area is 129 Å². The van der Waals surface area contributed by atoms with Gasteiger partial charge >= 0.3 is 5.97 Å². The first-order valence-corrected chi connectivity index (χ1v) is 7.30. The van der Waals surface area contributed by atoms with Crippen LogP contribution in [0.25, 0.3) is 20.2 Å². The van der Waals surface area contributed by atoms with Crippen LogP contribution in [0.5, 0.6) is 11.5 Å². The van der Waals surface area contributed by atoms with Gasteiger partial charge in [0, 0.05) is 21.5 Å². The zero-order valence-corrected chi connectivity index (χ0v) is 12.5. The summed E-state index contributed by atoms with van der Waals surface area (Å²) in [7, 11) is 1.48. The fourth-order valence-electron chi connectivity index (χ4n) is 2.21. The molecule has 0 aliphatic heterocycles. The first kappa shape index (κ1) is 14.3. The molecular weight excluding hydrogens is 304 g/mol. The molecule has 0 saturated heterocycles. The molecule has 2 aromatic carbocycles. The second-order valence-corrected chi connectivity index (χ2v) is 5.66. The first-order chi connectivity index (χ1) is 10.6. The van der Waals surface area contributed by atoms with Gasteiger partial charge in [-0.2, -0.15) is 0 Å². The molecule has 0 radical (unpaired) electrons. The fraction of sp³-hybridized carbons (Fsp3) is 0.125. The van der Waals surface area contributed by atoms with E-state index in [9.17, 15) is 9.59 Å². The largest absolute Gasteiger partial charge is 0.497 e. The zero-order chi connectivity index (χ0) is 15.7. The monoisotopic (exact) mass is 316 g/mol. The molecule has 0 aliphatic rings. The van der Waals surface area contributed by atoms with Gasteiger partial charge in [0.1, 0.15) is 11.5 Å². The number of fused-ring (bicyclic) bond motifs is 2. The minimum Gasteiger partial charge on any atom is -0.497 e. The highest BCUT2D eigenvalue weighted by molar-refractivity contribution is 7.24. The Kier molecular flexibility index (Phi) is 3.68. The van der Waals surface area contributed by atoms with E-state index in [2.05, 4.69) is 0 Å². The number of carbonyl (C=O) groups is 1. The minimum absolute atomic E-state index is 0.122. The quantitative estimate of drug-likeness (QED) is 0.749. The third kappa shape index (κ3) is 2.48. The van der Waals surface area contributed by atoms with E-state index in [-0.39, 0.29) is 5.43 Å². The zero-order valence-electron chi connectivity index (χ0n) is 11.7. The number of benzene rings is 2. The molecule has 0 saturated carbocycles. The van der Waals surface area contributed by atoms with Crippen LogP contribution in [0.2, 0.25) is 0 Å². The van der Waals surface area contributed by atoms with Crippen molar-refractivity contribution in [3.8, 4) is 11.5 Å². The van der Waals surface area contributed by atoms with Crippen molar-refractivity contribution in [2.75, 3.05) is 13.7 Å². The summed E-state index contributed by atoms with van der Waals surface area (Å²) < 4.78 is 11.9. The van der Waals surface area contributed by atoms with E-state index in [1.807, 2.05) is 18.2 Å². The summed E-state index contributed by atoms with van der Waals surface area (Å²) in [6.45, 7) is -0.476. The van der Waals surface area contributed by atoms with Crippen LogP contribution in [0, 0.1) is 0 Å². The number of carboxylic acid groups (broad SMARTS) is 1. The van der Waals surface area contributed by atoms with Gasteiger partial charge in [0.25, 0.3) is 0 Å². The summed E-state index contributed by atoms with van der Waals surface area (Å²) in [5.74, 6) is -0.291. The van der Waals surface area contributed by atoms with Crippen molar-refractivity contribution in [2.45, 2.75) is 0 Å². The predicted octanol–water partition coefficient (Wildman–Crippen LogP) is 2.89. The molecule has 0 atom stereocenters. The smallest absolute Gasteiger partial charge is 0.341 e. The number of aliphatic carboxylic acids is 1. The van der Waals surface area contributed by atoms with Crippen LogP contribution in [0.1, 0.15) is 0 Å². The lowest BCUT2D eigenvalue weighted by atomic mass is 10.1. The van der Waals surface area contributed by atoms with Crippen molar-refractivity contribution in [1.29, 1.82) is 0 Å². The first-order valence-electron chi connectivity index (χ1n) is 6.48. The molecule has 112 valence electrons. The molecule has 1 aromatic heterocycles. The molecule has 6 heteroatoms. The van der Waals surface area contributed by atoms with E-state index in [1.54, 1.807) is 18.2 Å². The number of carboxylic acids is 1. The van der Waals surface area contributed by atoms with Crippen LogP contribution in [0.4, 0.5) is 0 Å². The highest BCUT2D eigenvalue weighted by Crippen LogP contribution is 2.35. The van der Waals surface area contributed by atoms with Crippen molar-refractivity contribution in [1.82, 2.24) is 0 Å².